The largest absolute Gasteiger partial charge is 0.463 e. The Morgan fingerprint density at radius 3 is 3.20 bits per heavy atom. The Morgan fingerprint density at radius 1 is 1.50 bits per heavy atom. The van der Waals surface area contributed by atoms with Gasteiger partial charge in [0.25, 0.3) is 0 Å². The van der Waals surface area contributed by atoms with E-state index < -0.39 is 5.97 Å². The van der Waals surface area contributed by atoms with E-state index in [1.165, 1.54) is 41.7 Å². The quantitative estimate of drug-likeness (QED) is 0.876. The lowest BCUT2D eigenvalue weighted by atomic mass is 10.2. The first-order valence-electron chi connectivity index (χ1n) is 6.52. The molecule has 2 heterocycles. The molecule has 2 aromatic heterocycles. The van der Waals surface area contributed by atoms with Gasteiger partial charge in [-0.05, 0) is 37.0 Å². The van der Waals surface area contributed by atoms with Gasteiger partial charge in [0.1, 0.15) is 5.82 Å². The number of methoxy groups -OCH3 is 1. The van der Waals surface area contributed by atoms with E-state index >= 15 is 0 Å². The fourth-order valence-corrected chi connectivity index (χ4v) is 3.50. The van der Waals surface area contributed by atoms with Crippen molar-refractivity contribution in [2.75, 3.05) is 12.4 Å². The van der Waals surface area contributed by atoms with Gasteiger partial charge in [0, 0.05) is 16.0 Å². The van der Waals surface area contributed by atoms with Crippen molar-refractivity contribution in [3.63, 3.8) is 0 Å². The standard InChI is InChI=1S/C14H15N3O2S/c1-19-14(18)13-15-6-5-12(17-13)16-8-10-7-9-3-2-4-11(9)20-10/h5-7H,2-4,8H2,1H3,(H,15,16,17). The number of hydrogen-bond acceptors (Lipinski definition) is 6. The molecule has 2 aromatic rings. The summed E-state index contributed by atoms with van der Waals surface area (Å²) in [6.07, 6.45) is 5.24. The van der Waals surface area contributed by atoms with E-state index in [2.05, 4.69) is 26.1 Å². The molecule has 104 valence electrons. The number of fused-ring (bicyclic) bond motifs is 1. The summed E-state index contributed by atoms with van der Waals surface area (Å²) >= 11 is 1.86. The third-order valence-corrected chi connectivity index (χ3v) is 4.50. The molecule has 0 aliphatic heterocycles. The normalized spacial score (nSPS) is 13.1. The molecule has 0 aromatic carbocycles. The highest BCUT2D eigenvalue weighted by atomic mass is 32.1. The van der Waals surface area contributed by atoms with Gasteiger partial charge in [0.2, 0.25) is 5.82 Å². The number of thiophene rings is 1. The molecule has 0 spiro atoms. The highest BCUT2D eigenvalue weighted by Crippen LogP contribution is 2.30. The molecule has 1 aliphatic rings. The fraction of sp³-hybridized carbons (Fsp3) is 0.357. The summed E-state index contributed by atoms with van der Waals surface area (Å²) in [5.74, 6) is 0.184. The summed E-state index contributed by atoms with van der Waals surface area (Å²) in [4.78, 5) is 22.2. The third-order valence-electron chi connectivity index (χ3n) is 3.26. The van der Waals surface area contributed by atoms with Gasteiger partial charge < -0.3 is 10.1 Å². The van der Waals surface area contributed by atoms with Crippen LogP contribution in [0.2, 0.25) is 0 Å². The van der Waals surface area contributed by atoms with E-state index in [9.17, 15) is 4.79 Å². The van der Waals surface area contributed by atoms with Gasteiger partial charge in [0.15, 0.2) is 0 Å². The molecule has 0 saturated carbocycles. The molecule has 6 heteroatoms. The summed E-state index contributed by atoms with van der Waals surface area (Å²) in [7, 11) is 1.32. The number of carbonyl (C=O) groups is 1. The predicted molar refractivity (Wildman–Crippen MR) is 77.0 cm³/mol. The van der Waals surface area contributed by atoms with Crippen molar-refractivity contribution in [2.24, 2.45) is 0 Å². The van der Waals surface area contributed by atoms with E-state index in [-0.39, 0.29) is 5.82 Å². The molecule has 3 rings (SSSR count). The van der Waals surface area contributed by atoms with Crippen LogP contribution in [0.1, 0.15) is 32.4 Å². The molecule has 0 amide bonds. The van der Waals surface area contributed by atoms with Crippen molar-refractivity contribution >= 4 is 23.1 Å². The predicted octanol–water partition coefficient (Wildman–Crippen LogP) is 2.43. The number of anilines is 1. The molecule has 0 saturated heterocycles. The fourth-order valence-electron chi connectivity index (χ4n) is 2.30. The Bertz CT molecular complexity index is 618. The summed E-state index contributed by atoms with van der Waals surface area (Å²) in [6.45, 7) is 0.718. The molecular weight excluding hydrogens is 274 g/mol. The maximum atomic E-state index is 11.4. The first-order valence-corrected chi connectivity index (χ1v) is 7.33. The molecule has 5 nitrogen and oxygen atoms in total. The van der Waals surface area contributed by atoms with Gasteiger partial charge in [-0.3, -0.25) is 0 Å². The van der Waals surface area contributed by atoms with Gasteiger partial charge in [0.05, 0.1) is 13.7 Å². The zero-order chi connectivity index (χ0) is 13.9. The summed E-state index contributed by atoms with van der Waals surface area (Å²) in [5.41, 5.74) is 1.49. The van der Waals surface area contributed by atoms with Gasteiger partial charge in [-0.2, -0.15) is 0 Å². The van der Waals surface area contributed by atoms with Crippen LogP contribution >= 0.6 is 11.3 Å². The number of rotatable bonds is 4. The van der Waals surface area contributed by atoms with Crippen molar-refractivity contribution in [1.29, 1.82) is 0 Å². The Labute approximate surface area is 121 Å². The number of nitrogens with zero attached hydrogens (tertiary/aromatic N) is 2. The first kappa shape index (κ1) is 13.1. The highest BCUT2D eigenvalue weighted by Gasteiger charge is 2.15. The van der Waals surface area contributed by atoms with Crippen LogP contribution in [0.4, 0.5) is 5.82 Å². The van der Waals surface area contributed by atoms with Crippen LogP contribution < -0.4 is 5.32 Å². The maximum absolute atomic E-state index is 11.4. The number of aryl methyl sites for hydroxylation is 2. The topological polar surface area (TPSA) is 64.1 Å². The van der Waals surface area contributed by atoms with Crippen molar-refractivity contribution in [3.05, 3.63) is 39.5 Å². The van der Waals surface area contributed by atoms with Crippen LogP contribution in [0.15, 0.2) is 18.3 Å². The van der Waals surface area contributed by atoms with Crippen molar-refractivity contribution in [2.45, 2.75) is 25.8 Å². The van der Waals surface area contributed by atoms with E-state index in [0.717, 1.165) is 6.54 Å². The molecule has 0 fully saturated rings. The SMILES string of the molecule is COC(=O)c1nccc(NCc2cc3c(s2)CCC3)n1. The molecule has 0 bridgehead atoms. The number of nitrogens with one attached hydrogen (secondary N) is 1. The summed E-state index contributed by atoms with van der Waals surface area (Å²) < 4.78 is 4.61. The first-order chi connectivity index (χ1) is 9.76. The minimum absolute atomic E-state index is 0.0752. The monoisotopic (exact) mass is 289 g/mol. The van der Waals surface area contributed by atoms with Crippen LogP contribution in [0.3, 0.4) is 0 Å². The average molecular weight is 289 g/mol. The van der Waals surface area contributed by atoms with Crippen LogP contribution in [0, 0.1) is 0 Å². The highest BCUT2D eigenvalue weighted by molar-refractivity contribution is 7.12. The van der Waals surface area contributed by atoms with E-state index in [0.29, 0.717) is 5.82 Å². The van der Waals surface area contributed by atoms with Crippen LogP contribution in [0.5, 0.6) is 0 Å². The molecule has 1 N–H and O–H groups in total. The second kappa shape index (κ2) is 5.58. The zero-order valence-electron chi connectivity index (χ0n) is 11.2. The van der Waals surface area contributed by atoms with Gasteiger partial charge in [-0.1, -0.05) is 0 Å². The van der Waals surface area contributed by atoms with Crippen molar-refractivity contribution in [1.82, 2.24) is 9.97 Å². The van der Waals surface area contributed by atoms with Gasteiger partial charge >= 0.3 is 5.97 Å². The number of esters is 1. The maximum Gasteiger partial charge on any atom is 0.376 e. The van der Waals surface area contributed by atoms with Gasteiger partial charge in [-0.15, -0.1) is 11.3 Å². The van der Waals surface area contributed by atoms with E-state index in [4.69, 9.17) is 0 Å². The van der Waals surface area contributed by atoms with Crippen molar-refractivity contribution < 1.29 is 9.53 Å². The van der Waals surface area contributed by atoms with Gasteiger partial charge in [-0.25, -0.2) is 14.8 Å². The molecule has 0 radical (unpaired) electrons. The number of ether oxygens (including phenoxy) is 1. The second-order valence-electron chi connectivity index (χ2n) is 4.63. The minimum Gasteiger partial charge on any atom is -0.463 e. The lowest BCUT2D eigenvalue weighted by Gasteiger charge is -2.04. The lowest BCUT2D eigenvalue weighted by molar-refractivity contribution is 0.0587. The Morgan fingerprint density at radius 2 is 2.40 bits per heavy atom. The molecule has 20 heavy (non-hydrogen) atoms. The second-order valence-corrected chi connectivity index (χ2v) is 5.85. The summed E-state index contributed by atoms with van der Waals surface area (Å²) in [6, 6.07) is 4.01. The van der Waals surface area contributed by atoms with Crippen LogP contribution in [-0.2, 0) is 24.1 Å². The van der Waals surface area contributed by atoms with E-state index in [1.807, 2.05) is 11.3 Å². The van der Waals surface area contributed by atoms with Crippen molar-refractivity contribution in [3.8, 4) is 0 Å². The zero-order valence-corrected chi connectivity index (χ0v) is 12.0. The molecular formula is C14H15N3O2S. The average Bonchev–Trinajstić information content (AvgIpc) is 3.05. The van der Waals surface area contributed by atoms with Crippen LogP contribution in [-0.4, -0.2) is 23.0 Å². The smallest absolute Gasteiger partial charge is 0.376 e. The Kier molecular flexibility index (Phi) is 3.64. The molecule has 0 atom stereocenters. The lowest BCUT2D eigenvalue weighted by Crippen LogP contribution is -2.09. The Balaban J connectivity index is 1.67. The third kappa shape index (κ3) is 2.65. The van der Waals surface area contributed by atoms with Crippen LogP contribution in [0.25, 0.3) is 0 Å². The number of hydrogen-bond donors (Lipinski definition) is 1. The number of aromatic nitrogens is 2. The number of carbonyl (C=O) groups excluding carboxylic acids is 1. The minimum atomic E-state index is -0.524. The molecule has 0 unspecified atom stereocenters. The molecule has 1 aliphatic carbocycles. The summed E-state index contributed by atoms with van der Waals surface area (Å²) in [5, 5.41) is 3.22. The van der Waals surface area contributed by atoms with E-state index in [1.54, 1.807) is 12.3 Å². The Hall–Kier alpha value is -1.95.